The van der Waals surface area contributed by atoms with Crippen molar-refractivity contribution in [3.63, 3.8) is 0 Å². The van der Waals surface area contributed by atoms with Gasteiger partial charge in [0.25, 0.3) is 0 Å². The van der Waals surface area contributed by atoms with E-state index in [0.717, 1.165) is 12.1 Å². The topological polar surface area (TPSA) is 49.4 Å². The van der Waals surface area contributed by atoms with Gasteiger partial charge in [-0.1, -0.05) is 40.9 Å². The maximum Gasteiger partial charge on any atom is 0.244 e. The number of nitrogens with one attached hydrogen (secondary N) is 1. The summed E-state index contributed by atoms with van der Waals surface area (Å²) in [4.78, 5) is 1.33. The minimum atomic E-state index is -4.11. The predicted octanol–water partition coefficient (Wildman–Crippen LogP) is 4.37. The molecule has 0 saturated heterocycles. The molecule has 4 nitrogen and oxygen atoms in total. The van der Waals surface area contributed by atoms with Crippen LogP contribution in [0.5, 0.6) is 0 Å². The third-order valence-corrected chi connectivity index (χ3v) is 5.85. The molecule has 0 radical (unpaired) electrons. The Kier molecular flexibility index (Phi) is 6.70. The van der Waals surface area contributed by atoms with Crippen molar-refractivity contribution in [2.24, 2.45) is 0 Å². The highest BCUT2D eigenvalue weighted by Gasteiger charge is 2.25. The Hall–Kier alpha value is -0.890. The summed E-state index contributed by atoms with van der Waals surface area (Å²) in [6, 6.07) is 7.59. The third-order valence-electron chi connectivity index (χ3n) is 3.37. The summed E-state index contributed by atoms with van der Waals surface area (Å²) in [5.41, 5.74) is 0.612. The molecule has 0 aromatic heterocycles. The Balaban J connectivity index is 2.40. The number of likely N-dealkylation sites (N-methyl/N-ethyl adjacent to an activating group) is 1. The highest BCUT2D eigenvalue weighted by molar-refractivity contribution is 7.89. The molecule has 0 aliphatic carbocycles. The van der Waals surface area contributed by atoms with Crippen LogP contribution < -0.4 is 4.72 Å². The van der Waals surface area contributed by atoms with Crippen molar-refractivity contribution in [1.29, 1.82) is 0 Å². The number of hydrogen-bond donors (Lipinski definition) is 1. The molecule has 0 aliphatic rings. The van der Waals surface area contributed by atoms with E-state index >= 15 is 0 Å². The molecule has 136 valence electrons. The van der Waals surface area contributed by atoms with Crippen molar-refractivity contribution in [2.45, 2.75) is 10.9 Å². The normalized spacial score (nSPS) is 13.2. The van der Waals surface area contributed by atoms with Gasteiger partial charge < -0.3 is 4.90 Å². The van der Waals surface area contributed by atoms with Gasteiger partial charge >= 0.3 is 0 Å². The van der Waals surface area contributed by atoms with Crippen molar-refractivity contribution in [2.75, 3.05) is 20.6 Å². The summed E-state index contributed by atoms with van der Waals surface area (Å²) >= 11 is 17.6. The summed E-state index contributed by atoms with van der Waals surface area (Å²) in [5.74, 6) is -0.919. The monoisotopic (exact) mass is 424 g/mol. The van der Waals surface area contributed by atoms with E-state index in [2.05, 4.69) is 4.72 Å². The highest BCUT2D eigenvalue weighted by Crippen LogP contribution is 2.27. The Morgan fingerprint density at radius 2 is 1.76 bits per heavy atom. The number of hydrogen-bond acceptors (Lipinski definition) is 3. The fourth-order valence-electron chi connectivity index (χ4n) is 2.25. The largest absolute Gasteiger partial charge is 0.307 e. The molecule has 2 aromatic rings. The van der Waals surface area contributed by atoms with Gasteiger partial charge in [-0.2, -0.15) is 0 Å². The fraction of sp³-hybridized carbons (Fsp3) is 0.250. The van der Waals surface area contributed by atoms with Gasteiger partial charge in [0, 0.05) is 11.6 Å². The van der Waals surface area contributed by atoms with Gasteiger partial charge in [-0.15, -0.1) is 0 Å². The van der Waals surface area contributed by atoms with Crippen LogP contribution >= 0.6 is 34.8 Å². The molecule has 9 heteroatoms. The first kappa shape index (κ1) is 20.4. The number of rotatable bonds is 6. The third kappa shape index (κ3) is 5.29. The standard InChI is InChI=1S/C16H16Cl3FN2O2S/c1-22(2)9-15(10-3-5-12(18)13(19)7-10)21-25(23,24)16-6-4-11(17)8-14(16)20/h3-8,15,21H,9H2,1-2H3/t15-/m1/s1. The van der Waals surface area contributed by atoms with E-state index in [4.69, 9.17) is 34.8 Å². The van der Waals surface area contributed by atoms with Gasteiger partial charge in [0.1, 0.15) is 10.7 Å². The zero-order valence-electron chi connectivity index (χ0n) is 13.4. The van der Waals surface area contributed by atoms with Crippen molar-refractivity contribution < 1.29 is 12.8 Å². The number of sulfonamides is 1. The molecule has 0 amide bonds. The van der Waals surface area contributed by atoms with Gasteiger partial charge in [0.05, 0.1) is 16.1 Å². The number of halogens is 4. The fourth-order valence-corrected chi connectivity index (χ4v) is 3.99. The Labute approximate surface area is 161 Å². The van der Waals surface area contributed by atoms with Crippen LogP contribution in [0.15, 0.2) is 41.3 Å². The van der Waals surface area contributed by atoms with E-state index in [1.165, 1.54) is 6.07 Å². The van der Waals surface area contributed by atoms with Gasteiger partial charge in [-0.25, -0.2) is 17.5 Å². The maximum atomic E-state index is 14.0. The molecular formula is C16H16Cl3FN2O2S. The lowest BCUT2D eigenvalue weighted by Gasteiger charge is -2.23. The maximum absolute atomic E-state index is 14.0. The molecule has 0 bridgehead atoms. The molecule has 2 aromatic carbocycles. The van der Waals surface area contributed by atoms with Crippen LogP contribution in [-0.4, -0.2) is 34.0 Å². The average Bonchev–Trinajstić information content (AvgIpc) is 2.48. The van der Waals surface area contributed by atoms with E-state index in [9.17, 15) is 12.8 Å². The summed E-state index contributed by atoms with van der Waals surface area (Å²) in [7, 11) is -0.523. The summed E-state index contributed by atoms with van der Waals surface area (Å²) < 4.78 is 41.8. The van der Waals surface area contributed by atoms with Crippen LogP contribution in [0.4, 0.5) is 4.39 Å². The minimum absolute atomic E-state index is 0.116. The number of nitrogens with zero attached hydrogens (tertiary/aromatic N) is 1. The van der Waals surface area contributed by atoms with Crippen molar-refractivity contribution in [1.82, 2.24) is 9.62 Å². The van der Waals surface area contributed by atoms with Crippen molar-refractivity contribution >= 4 is 44.8 Å². The van der Waals surface area contributed by atoms with Crippen LogP contribution in [0, 0.1) is 5.82 Å². The zero-order chi connectivity index (χ0) is 18.8. The SMILES string of the molecule is CN(C)C[C@@H](NS(=O)(=O)c1ccc(Cl)cc1F)c1ccc(Cl)c(Cl)c1. The van der Waals surface area contributed by atoms with Crippen LogP contribution in [-0.2, 0) is 10.0 Å². The first-order valence-corrected chi connectivity index (χ1v) is 9.79. The minimum Gasteiger partial charge on any atom is -0.307 e. The van der Waals surface area contributed by atoms with E-state index in [1.54, 1.807) is 37.2 Å². The van der Waals surface area contributed by atoms with Gasteiger partial charge in [0.2, 0.25) is 10.0 Å². The van der Waals surface area contributed by atoms with Crippen LogP contribution in [0.3, 0.4) is 0 Å². The highest BCUT2D eigenvalue weighted by atomic mass is 35.5. The van der Waals surface area contributed by atoms with Gasteiger partial charge in [-0.3, -0.25) is 0 Å². The number of benzene rings is 2. The molecule has 25 heavy (non-hydrogen) atoms. The van der Waals surface area contributed by atoms with E-state index < -0.39 is 26.8 Å². The summed E-state index contributed by atoms with van der Waals surface area (Å²) in [5, 5.41) is 0.784. The van der Waals surface area contributed by atoms with Crippen LogP contribution in [0.1, 0.15) is 11.6 Å². The van der Waals surface area contributed by atoms with Crippen LogP contribution in [0.25, 0.3) is 0 Å². The molecule has 0 saturated carbocycles. The molecule has 0 heterocycles. The Bertz CT molecular complexity index is 876. The molecule has 2 rings (SSSR count). The van der Waals surface area contributed by atoms with E-state index in [0.29, 0.717) is 22.2 Å². The van der Waals surface area contributed by atoms with Gasteiger partial charge in [-0.05, 0) is 50.0 Å². The van der Waals surface area contributed by atoms with Gasteiger partial charge in [0.15, 0.2) is 0 Å². The molecule has 1 atom stereocenters. The molecule has 1 N–H and O–H groups in total. The van der Waals surface area contributed by atoms with Crippen molar-refractivity contribution in [3.8, 4) is 0 Å². The lowest BCUT2D eigenvalue weighted by Crippen LogP contribution is -2.35. The molecule has 0 aliphatic heterocycles. The van der Waals surface area contributed by atoms with Crippen molar-refractivity contribution in [3.05, 3.63) is 62.8 Å². The summed E-state index contributed by atoms with van der Waals surface area (Å²) in [6.07, 6.45) is 0. The smallest absolute Gasteiger partial charge is 0.244 e. The Morgan fingerprint density at radius 1 is 1.08 bits per heavy atom. The van der Waals surface area contributed by atoms with E-state index in [-0.39, 0.29) is 5.02 Å². The Morgan fingerprint density at radius 3 is 2.32 bits per heavy atom. The lowest BCUT2D eigenvalue weighted by molar-refractivity contribution is 0.363. The molecule has 0 fully saturated rings. The average molecular weight is 426 g/mol. The second kappa shape index (κ2) is 8.20. The second-order valence-corrected chi connectivity index (χ2v) is 8.62. The molecule has 0 spiro atoms. The van der Waals surface area contributed by atoms with Crippen LogP contribution in [0.2, 0.25) is 15.1 Å². The molecular weight excluding hydrogens is 410 g/mol. The predicted molar refractivity (Wildman–Crippen MR) is 99.5 cm³/mol. The molecule has 0 unspecified atom stereocenters. The first-order chi connectivity index (χ1) is 11.6. The van der Waals surface area contributed by atoms with E-state index in [1.807, 2.05) is 0 Å². The quantitative estimate of drug-likeness (QED) is 0.748. The second-order valence-electron chi connectivity index (χ2n) is 5.68. The zero-order valence-corrected chi connectivity index (χ0v) is 16.5. The first-order valence-electron chi connectivity index (χ1n) is 7.17. The lowest BCUT2D eigenvalue weighted by atomic mass is 10.1. The summed E-state index contributed by atoms with van der Waals surface area (Å²) in [6.45, 7) is 0.340.